The lowest BCUT2D eigenvalue weighted by Crippen LogP contribution is -2.48. The summed E-state index contributed by atoms with van der Waals surface area (Å²) >= 11 is 0. The zero-order valence-corrected chi connectivity index (χ0v) is 10.3. The van der Waals surface area contributed by atoms with E-state index in [1.807, 2.05) is 6.92 Å². The number of carbonyl (C=O) groups excluding carboxylic acids is 1. The molecular formula is C12H24N2O2. The van der Waals surface area contributed by atoms with Crippen LogP contribution in [0.1, 0.15) is 39.5 Å². The Morgan fingerprint density at radius 2 is 2.38 bits per heavy atom. The van der Waals surface area contributed by atoms with Gasteiger partial charge in [0.2, 0.25) is 5.91 Å². The number of hydrogen-bond donors (Lipinski definition) is 3. The van der Waals surface area contributed by atoms with E-state index in [-0.39, 0.29) is 18.1 Å². The maximum absolute atomic E-state index is 11.8. The fraction of sp³-hybridized carbons (Fsp3) is 0.917. The normalized spacial score (nSPS) is 27.4. The molecule has 1 rings (SSSR count). The Hall–Kier alpha value is -0.610. The van der Waals surface area contributed by atoms with Crippen LogP contribution in [0.2, 0.25) is 0 Å². The summed E-state index contributed by atoms with van der Waals surface area (Å²) in [4.78, 5) is 11.8. The molecule has 0 aromatic rings. The fourth-order valence-electron chi connectivity index (χ4n) is 2.00. The predicted molar refractivity (Wildman–Crippen MR) is 64.1 cm³/mol. The Labute approximate surface area is 97.8 Å². The molecule has 3 unspecified atom stereocenters. The second kappa shape index (κ2) is 6.86. The molecule has 1 aliphatic rings. The Morgan fingerprint density at radius 1 is 1.62 bits per heavy atom. The number of nitrogens with one attached hydrogen (secondary N) is 2. The molecule has 4 nitrogen and oxygen atoms in total. The van der Waals surface area contributed by atoms with E-state index in [0.29, 0.717) is 18.9 Å². The van der Waals surface area contributed by atoms with E-state index in [2.05, 4.69) is 17.6 Å². The topological polar surface area (TPSA) is 61.4 Å². The molecule has 0 radical (unpaired) electrons. The van der Waals surface area contributed by atoms with E-state index in [9.17, 15) is 9.90 Å². The molecule has 0 saturated carbocycles. The first-order valence-electron chi connectivity index (χ1n) is 6.32. The average Bonchev–Trinajstić information content (AvgIpc) is 2.28. The minimum absolute atomic E-state index is 0.0393. The lowest BCUT2D eigenvalue weighted by Gasteiger charge is -2.27. The van der Waals surface area contributed by atoms with E-state index in [4.69, 9.17) is 0 Å². The number of piperidine rings is 1. The third kappa shape index (κ3) is 4.49. The molecule has 3 atom stereocenters. The molecule has 0 aliphatic carbocycles. The Balaban J connectivity index is 2.19. The first-order valence-corrected chi connectivity index (χ1v) is 6.32. The molecule has 0 aromatic heterocycles. The number of aliphatic hydroxyl groups excluding tert-OH is 1. The van der Waals surface area contributed by atoms with Gasteiger partial charge in [-0.15, -0.1) is 0 Å². The smallest absolute Gasteiger partial charge is 0.237 e. The molecule has 4 heteroatoms. The summed E-state index contributed by atoms with van der Waals surface area (Å²) in [6.45, 7) is 5.62. The van der Waals surface area contributed by atoms with Crippen LogP contribution in [-0.2, 0) is 4.79 Å². The van der Waals surface area contributed by atoms with Crippen molar-refractivity contribution >= 4 is 5.91 Å². The largest absolute Gasteiger partial charge is 0.393 e. The van der Waals surface area contributed by atoms with Crippen LogP contribution in [0.3, 0.4) is 0 Å². The summed E-state index contributed by atoms with van der Waals surface area (Å²) in [6, 6.07) is -0.0393. The zero-order valence-electron chi connectivity index (χ0n) is 10.3. The summed E-state index contributed by atoms with van der Waals surface area (Å²) in [6.07, 6.45) is 3.16. The monoisotopic (exact) mass is 228 g/mol. The molecule has 1 saturated heterocycles. The molecule has 1 aliphatic heterocycles. The van der Waals surface area contributed by atoms with Crippen LogP contribution in [0.5, 0.6) is 0 Å². The number of rotatable bonds is 5. The van der Waals surface area contributed by atoms with Gasteiger partial charge in [0.05, 0.1) is 12.1 Å². The third-order valence-corrected chi connectivity index (χ3v) is 3.23. The second-order valence-electron chi connectivity index (χ2n) is 4.78. The molecular weight excluding hydrogens is 204 g/mol. The highest BCUT2D eigenvalue weighted by Crippen LogP contribution is 2.14. The van der Waals surface area contributed by atoms with Gasteiger partial charge in [0.1, 0.15) is 0 Å². The molecule has 0 spiro atoms. The van der Waals surface area contributed by atoms with Crippen molar-refractivity contribution in [3.8, 4) is 0 Å². The summed E-state index contributed by atoms with van der Waals surface area (Å²) in [7, 11) is 0. The Kier molecular flexibility index (Phi) is 5.77. The van der Waals surface area contributed by atoms with Gasteiger partial charge in [0.15, 0.2) is 0 Å². The van der Waals surface area contributed by atoms with Crippen molar-refractivity contribution in [2.45, 2.75) is 51.7 Å². The number of amides is 1. The van der Waals surface area contributed by atoms with Gasteiger partial charge in [-0.2, -0.15) is 0 Å². The SMILES string of the molecule is CCC(O)CCNC(=O)C1CC(C)CCN1. The highest BCUT2D eigenvalue weighted by molar-refractivity contribution is 5.81. The summed E-state index contributed by atoms with van der Waals surface area (Å²) < 4.78 is 0. The maximum Gasteiger partial charge on any atom is 0.237 e. The lowest BCUT2D eigenvalue weighted by molar-refractivity contribution is -0.124. The van der Waals surface area contributed by atoms with Crippen LogP contribution in [0.25, 0.3) is 0 Å². The molecule has 1 heterocycles. The van der Waals surface area contributed by atoms with Gasteiger partial charge in [-0.05, 0) is 38.1 Å². The van der Waals surface area contributed by atoms with Gasteiger partial charge in [-0.3, -0.25) is 4.79 Å². The summed E-state index contributed by atoms with van der Waals surface area (Å²) in [5.41, 5.74) is 0. The van der Waals surface area contributed by atoms with E-state index >= 15 is 0 Å². The van der Waals surface area contributed by atoms with Crippen LogP contribution in [0.4, 0.5) is 0 Å². The van der Waals surface area contributed by atoms with Gasteiger partial charge < -0.3 is 15.7 Å². The van der Waals surface area contributed by atoms with Gasteiger partial charge in [-0.1, -0.05) is 13.8 Å². The first-order chi connectivity index (χ1) is 7.63. The standard InChI is InChI=1S/C12H24N2O2/c1-3-10(15)5-7-14-12(16)11-8-9(2)4-6-13-11/h9-11,13,15H,3-8H2,1-2H3,(H,14,16). The summed E-state index contributed by atoms with van der Waals surface area (Å²) in [5.74, 6) is 0.702. The lowest BCUT2D eigenvalue weighted by atomic mass is 9.94. The van der Waals surface area contributed by atoms with Crippen molar-refractivity contribution in [3.05, 3.63) is 0 Å². The zero-order chi connectivity index (χ0) is 12.0. The number of hydrogen-bond acceptors (Lipinski definition) is 3. The Bertz CT molecular complexity index is 221. The third-order valence-electron chi connectivity index (χ3n) is 3.23. The van der Waals surface area contributed by atoms with E-state index in [0.717, 1.165) is 25.8 Å². The number of aliphatic hydroxyl groups is 1. The van der Waals surface area contributed by atoms with Crippen LogP contribution in [-0.4, -0.2) is 36.2 Å². The molecule has 1 amide bonds. The van der Waals surface area contributed by atoms with Crippen LogP contribution in [0.15, 0.2) is 0 Å². The van der Waals surface area contributed by atoms with Crippen molar-refractivity contribution in [3.63, 3.8) is 0 Å². The van der Waals surface area contributed by atoms with Crippen molar-refractivity contribution in [2.75, 3.05) is 13.1 Å². The van der Waals surface area contributed by atoms with E-state index in [1.165, 1.54) is 0 Å². The van der Waals surface area contributed by atoms with Crippen LogP contribution < -0.4 is 10.6 Å². The van der Waals surface area contributed by atoms with Crippen LogP contribution >= 0.6 is 0 Å². The molecule has 3 N–H and O–H groups in total. The predicted octanol–water partition coefficient (Wildman–Crippen LogP) is 0.652. The van der Waals surface area contributed by atoms with E-state index < -0.39 is 0 Å². The van der Waals surface area contributed by atoms with Crippen molar-refractivity contribution < 1.29 is 9.90 Å². The minimum Gasteiger partial charge on any atom is -0.393 e. The van der Waals surface area contributed by atoms with Gasteiger partial charge in [-0.25, -0.2) is 0 Å². The molecule has 1 fully saturated rings. The Morgan fingerprint density at radius 3 is 3.00 bits per heavy atom. The maximum atomic E-state index is 11.8. The highest BCUT2D eigenvalue weighted by atomic mass is 16.3. The number of carbonyl (C=O) groups is 1. The van der Waals surface area contributed by atoms with Gasteiger partial charge >= 0.3 is 0 Å². The second-order valence-corrected chi connectivity index (χ2v) is 4.78. The van der Waals surface area contributed by atoms with Crippen molar-refractivity contribution in [2.24, 2.45) is 5.92 Å². The van der Waals surface area contributed by atoms with Gasteiger partial charge in [0.25, 0.3) is 0 Å². The summed E-state index contributed by atoms with van der Waals surface area (Å²) in [5, 5.41) is 15.5. The van der Waals surface area contributed by atoms with Crippen molar-refractivity contribution in [1.29, 1.82) is 0 Å². The molecule has 94 valence electrons. The molecule has 0 aromatic carbocycles. The van der Waals surface area contributed by atoms with Crippen LogP contribution in [0, 0.1) is 5.92 Å². The minimum atomic E-state index is -0.293. The van der Waals surface area contributed by atoms with E-state index in [1.54, 1.807) is 0 Å². The average molecular weight is 228 g/mol. The first kappa shape index (κ1) is 13.5. The fourth-order valence-corrected chi connectivity index (χ4v) is 2.00. The molecule has 16 heavy (non-hydrogen) atoms. The van der Waals surface area contributed by atoms with Gasteiger partial charge in [0, 0.05) is 6.54 Å². The van der Waals surface area contributed by atoms with Crippen molar-refractivity contribution in [1.82, 2.24) is 10.6 Å². The molecule has 0 bridgehead atoms. The highest BCUT2D eigenvalue weighted by Gasteiger charge is 2.23. The quantitative estimate of drug-likeness (QED) is 0.647.